The Morgan fingerprint density at radius 3 is 2.61 bits per heavy atom. The molecule has 0 saturated carbocycles. The van der Waals surface area contributed by atoms with Crippen LogP contribution in [0.15, 0.2) is 28.9 Å². The Kier molecular flexibility index (Phi) is 4.37. The molecule has 23 heavy (non-hydrogen) atoms. The Hall–Kier alpha value is -1.54. The highest BCUT2D eigenvalue weighted by atomic mass is 79.9. The molecule has 1 fully saturated rings. The summed E-state index contributed by atoms with van der Waals surface area (Å²) in [6.45, 7) is 1.38. The van der Waals surface area contributed by atoms with Crippen LogP contribution in [0, 0.1) is 0 Å². The van der Waals surface area contributed by atoms with E-state index in [1.807, 2.05) is 0 Å². The van der Waals surface area contributed by atoms with E-state index in [0.717, 1.165) is 4.57 Å². The number of carbonyl (C=O) groups excluding carboxylic acids is 1. The molecule has 1 saturated heterocycles. The smallest absolute Gasteiger partial charge is 0.337 e. The lowest BCUT2D eigenvalue weighted by Gasteiger charge is -2.27. The van der Waals surface area contributed by atoms with Crippen LogP contribution in [0.2, 0.25) is 0 Å². The molecule has 124 valence electrons. The standard InChI is InChI=1S/C15H15BrF3N3O/c16-10-1-2-11-12(14(23)21-5-3-20-4-6-21)8-22(13(11)7-10)9-15(17,18)19/h1-2,7-8,20H,3-6,9H2. The van der Waals surface area contributed by atoms with Gasteiger partial charge in [-0.1, -0.05) is 22.0 Å². The second kappa shape index (κ2) is 6.16. The Balaban J connectivity index is 2.04. The molecule has 1 aliphatic heterocycles. The fourth-order valence-corrected chi connectivity index (χ4v) is 3.15. The van der Waals surface area contributed by atoms with Crippen molar-refractivity contribution in [2.45, 2.75) is 12.7 Å². The zero-order valence-electron chi connectivity index (χ0n) is 12.2. The minimum absolute atomic E-state index is 0.222. The second-order valence-corrected chi connectivity index (χ2v) is 6.41. The van der Waals surface area contributed by atoms with Crippen molar-refractivity contribution in [1.29, 1.82) is 0 Å². The monoisotopic (exact) mass is 389 g/mol. The number of rotatable bonds is 2. The first kappa shape index (κ1) is 16.3. The number of fused-ring (bicyclic) bond motifs is 1. The molecule has 1 N–H and O–H groups in total. The molecule has 8 heteroatoms. The van der Waals surface area contributed by atoms with Crippen LogP contribution in [-0.2, 0) is 6.54 Å². The fraction of sp³-hybridized carbons (Fsp3) is 0.400. The Morgan fingerprint density at radius 1 is 1.26 bits per heavy atom. The predicted molar refractivity (Wildman–Crippen MR) is 84.5 cm³/mol. The largest absolute Gasteiger partial charge is 0.406 e. The number of nitrogens with one attached hydrogen (secondary N) is 1. The summed E-state index contributed by atoms with van der Waals surface area (Å²) in [7, 11) is 0. The second-order valence-electron chi connectivity index (χ2n) is 5.49. The summed E-state index contributed by atoms with van der Waals surface area (Å²) in [4.78, 5) is 14.3. The van der Waals surface area contributed by atoms with E-state index in [2.05, 4.69) is 21.2 Å². The molecule has 0 unspecified atom stereocenters. The maximum Gasteiger partial charge on any atom is 0.406 e. The summed E-state index contributed by atoms with van der Waals surface area (Å²) in [6, 6.07) is 5.02. The quantitative estimate of drug-likeness (QED) is 0.856. The van der Waals surface area contributed by atoms with E-state index >= 15 is 0 Å². The van der Waals surface area contributed by atoms with Crippen LogP contribution in [0.4, 0.5) is 13.2 Å². The third kappa shape index (κ3) is 3.53. The van der Waals surface area contributed by atoms with Crippen LogP contribution >= 0.6 is 15.9 Å². The predicted octanol–water partition coefficient (Wildman–Crippen LogP) is 3.01. The number of hydrogen-bond acceptors (Lipinski definition) is 2. The maximum absolute atomic E-state index is 12.8. The average molecular weight is 390 g/mol. The minimum atomic E-state index is -4.34. The van der Waals surface area contributed by atoms with Gasteiger partial charge in [0.25, 0.3) is 5.91 Å². The van der Waals surface area contributed by atoms with E-state index in [4.69, 9.17) is 0 Å². The molecule has 2 heterocycles. The molecule has 0 radical (unpaired) electrons. The number of aromatic nitrogens is 1. The van der Waals surface area contributed by atoms with Crippen molar-refractivity contribution in [3.8, 4) is 0 Å². The number of halogens is 4. The normalized spacial score (nSPS) is 16.1. The van der Waals surface area contributed by atoms with Gasteiger partial charge in [-0.05, 0) is 12.1 Å². The molecule has 1 amide bonds. The van der Waals surface area contributed by atoms with Crippen LogP contribution in [0.3, 0.4) is 0 Å². The van der Waals surface area contributed by atoms with E-state index < -0.39 is 12.7 Å². The lowest BCUT2D eigenvalue weighted by molar-refractivity contribution is -0.139. The number of alkyl halides is 3. The Morgan fingerprint density at radius 2 is 1.96 bits per heavy atom. The minimum Gasteiger partial charge on any atom is -0.337 e. The van der Waals surface area contributed by atoms with Crippen LogP contribution in [0.1, 0.15) is 10.4 Å². The molecule has 2 aromatic rings. The van der Waals surface area contributed by atoms with Gasteiger partial charge in [-0.15, -0.1) is 0 Å². The average Bonchev–Trinajstić information content (AvgIpc) is 2.83. The van der Waals surface area contributed by atoms with Crippen molar-refractivity contribution in [1.82, 2.24) is 14.8 Å². The van der Waals surface area contributed by atoms with Gasteiger partial charge < -0.3 is 14.8 Å². The highest BCUT2D eigenvalue weighted by Crippen LogP contribution is 2.29. The van der Waals surface area contributed by atoms with Crippen LogP contribution in [0.25, 0.3) is 10.9 Å². The highest BCUT2D eigenvalue weighted by Gasteiger charge is 2.30. The van der Waals surface area contributed by atoms with E-state index in [9.17, 15) is 18.0 Å². The molecule has 0 bridgehead atoms. The number of amides is 1. The number of benzene rings is 1. The van der Waals surface area contributed by atoms with E-state index in [1.54, 1.807) is 23.1 Å². The number of piperazine rings is 1. The first-order chi connectivity index (χ1) is 10.8. The van der Waals surface area contributed by atoms with Crippen molar-refractivity contribution < 1.29 is 18.0 Å². The molecular formula is C15H15BrF3N3O. The molecule has 0 spiro atoms. The lowest BCUT2D eigenvalue weighted by Crippen LogP contribution is -2.46. The Bertz CT molecular complexity index is 735. The van der Waals surface area contributed by atoms with Crippen molar-refractivity contribution in [2.75, 3.05) is 26.2 Å². The van der Waals surface area contributed by atoms with Crippen molar-refractivity contribution >= 4 is 32.7 Å². The molecule has 4 nitrogen and oxygen atoms in total. The van der Waals surface area contributed by atoms with Gasteiger partial charge in [0.1, 0.15) is 6.54 Å². The lowest BCUT2D eigenvalue weighted by atomic mass is 10.1. The van der Waals surface area contributed by atoms with Gasteiger partial charge in [0.15, 0.2) is 0 Å². The summed E-state index contributed by atoms with van der Waals surface area (Å²) >= 11 is 3.27. The van der Waals surface area contributed by atoms with Crippen molar-refractivity contribution in [2.24, 2.45) is 0 Å². The van der Waals surface area contributed by atoms with Gasteiger partial charge in [-0.3, -0.25) is 4.79 Å². The van der Waals surface area contributed by atoms with Crippen LogP contribution < -0.4 is 5.32 Å². The van der Waals surface area contributed by atoms with Crippen molar-refractivity contribution in [3.63, 3.8) is 0 Å². The summed E-state index contributed by atoms with van der Waals surface area (Å²) in [6.07, 6.45) is -3.03. The fourth-order valence-electron chi connectivity index (χ4n) is 2.80. The molecule has 0 aliphatic carbocycles. The molecule has 1 aromatic heterocycles. The maximum atomic E-state index is 12.8. The van der Waals surface area contributed by atoms with Crippen molar-refractivity contribution in [3.05, 3.63) is 34.4 Å². The summed E-state index contributed by atoms with van der Waals surface area (Å²) in [5.74, 6) is -0.222. The zero-order chi connectivity index (χ0) is 16.6. The molecule has 3 rings (SSSR count). The van der Waals surface area contributed by atoms with Crippen LogP contribution in [0.5, 0.6) is 0 Å². The third-order valence-electron chi connectivity index (χ3n) is 3.83. The summed E-state index contributed by atoms with van der Waals surface area (Å²) in [5.41, 5.74) is 0.717. The molecule has 0 atom stereocenters. The SMILES string of the molecule is O=C(c1cn(CC(F)(F)F)c2cc(Br)ccc12)N1CCNCC1. The molecule has 1 aromatic carbocycles. The molecular weight excluding hydrogens is 375 g/mol. The first-order valence-electron chi connectivity index (χ1n) is 7.20. The molecule has 1 aliphatic rings. The van der Waals surface area contributed by atoms with E-state index in [-0.39, 0.29) is 5.91 Å². The van der Waals surface area contributed by atoms with Gasteiger partial charge in [0, 0.05) is 42.2 Å². The van der Waals surface area contributed by atoms with Gasteiger partial charge in [0.2, 0.25) is 0 Å². The van der Waals surface area contributed by atoms with Crippen LogP contribution in [-0.4, -0.2) is 47.7 Å². The summed E-state index contributed by atoms with van der Waals surface area (Å²) in [5, 5.41) is 3.69. The van der Waals surface area contributed by atoms with E-state index in [0.29, 0.717) is 47.1 Å². The number of hydrogen-bond donors (Lipinski definition) is 1. The number of nitrogens with zero attached hydrogens (tertiary/aromatic N) is 2. The first-order valence-corrected chi connectivity index (χ1v) is 7.99. The topological polar surface area (TPSA) is 37.3 Å². The van der Waals surface area contributed by atoms with E-state index in [1.165, 1.54) is 6.20 Å². The summed E-state index contributed by atoms with van der Waals surface area (Å²) < 4.78 is 40.2. The van der Waals surface area contributed by atoms with Gasteiger partial charge in [-0.2, -0.15) is 13.2 Å². The van der Waals surface area contributed by atoms with Gasteiger partial charge in [0.05, 0.1) is 11.1 Å². The number of carbonyl (C=O) groups is 1. The third-order valence-corrected chi connectivity index (χ3v) is 4.32. The zero-order valence-corrected chi connectivity index (χ0v) is 13.7. The Labute approximate surface area is 139 Å². The highest BCUT2D eigenvalue weighted by molar-refractivity contribution is 9.10. The van der Waals surface area contributed by atoms with Gasteiger partial charge in [-0.25, -0.2) is 0 Å². The van der Waals surface area contributed by atoms with Gasteiger partial charge >= 0.3 is 6.18 Å².